The number of benzene rings is 1. The van der Waals surface area contributed by atoms with Crippen LogP contribution in [0.3, 0.4) is 0 Å². The van der Waals surface area contributed by atoms with Crippen molar-refractivity contribution >= 4 is 12.0 Å². The second-order valence-electron chi connectivity index (χ2n) is 4.96. The monoisotopic (exact) mass is 294 g/mol. The minimum atomic E-state index is -0.889. The summed E-state index contributed by atoms with van der Waals surface area (Å²) in [4.78, 5) is 22.5. The molecule has 0 aliphatic rings. The van der Waals surface area contributed by atoms with Gasteiger partial charge in [0.05, 0.1) is 13.0 Å². The number of ether oxygens (including phenoxy) is 1. The molecule has 0 bridgehead atoms. The fraction of sp³-hybridized carbons (Fsp3) is 0.467. The van der Waals surface area contributed by atoms with Crippen molar-refractivity contribution in [1.29, 1.82) is 0 Å². The number of methoxy groups -OCH3 is 1. The van der Waals surface area contributed by atoms with E-state index < -0.39 is 5.97 Å². The van der Waals surface area contributed by atoms with Gasteiger partial charge in [-0.15, -0.1) is 0 Å². The van der Waals surface area contributed by atoms with Crippen molar-refractivity contribution in [1.82, 2.24) is 10.6 Å². The fourth-order valence-electron chi connectivity index (χ4n) is 1.91. The standard InChI is InChI=1S/C15H22N2O4/c1-11(10-21-2)8-16-15(20)17-9-13-6-4-3-5-12(13)7-14(18)19/h3-6,11H,7-10H2,1-2H3,(H,18,19)(H2,16,17,20). The van der Waals surface area contributed by atoms with Gasteiger partial charge < -0.3 is 20.5 Å². The molecule has 1 aromatic rings. The number of aliphatic carboxylic acids is 1. The minimum Gasteiger partial charge on any atom is -0.481 e. The summed E-state index contributed by atoms with van der Waals surface area (Å²) in [5.41, 5.74) is 1.51. The summed E-state index contributed by atoms with van der Waals surface area (Å²) in [7, 11) is 1.62. The summed E-state index contributed by atoms with van der Waals surface area (Å²) < 4.78 is 4.99. The van der Waals surface area contributed by atoms with Gasteiger partial charge in [0, 0.05) is 20.2 Å². The van der Waals surface area contributed by atoms with Gasteiger partial charge in [-0.05, 0) is 17.0 Å². The molecule has 116 valence electrons. The molecule has 0 saturated carbocycles. The lowest BCUT2D eigenvalue weighted by Crippen LogP contribution is -2.38. The van der Waals surface area contributed by atoms with Gasteiger partial charge in [0.1, 0.15) is 0 Å². The zero-order chi connectivity index (χ0) is 15.7. The van der Waals surface area contributed by atoms with E-state index in [1.807, 2.05) is 19.1 Å². The molecule has 0 aliphatic carbocycles. The molecule has 1 atom stereocenters. The Bertz CT molecular complexity index is 476. The number of hydrogen-bond acceptors (Lipinski definition) is 3. The maximum absolute atomic E-state index is 11.7. The van der Waals surface area contributed by atoms with Gasteiger partial charge in [0.2, 0.25) is 0 Å². The van der Waals surface area contributed by atoms with E-state index in [1.165, 1.54) is 0 Å². The molecule has 3 N–H and O–H groups in total. The predicted molar refractivity (Wildman–Crippen MR) is 79.1 cm³/mol. The molecule has 0 aromatic heterocycles. The van der Waals surface area contributed by atoms with Crippen LogP contribution in [0, 0.1) is 5.92 Å². The first-order valence-corrected chi connectivity index (χ1v) is 6.82. The normalized spacial score (nSPS) is 11.7. The van der Waals surface area contributed by atoms with Crippen LogP contribution in [-0.4, -0.2) is 37.4 Å². The van der Waals surface area contributed by atoms with Crippen LogP contribution in [0.2, 0.25) is 0 Å². The van der Waals surface area contributed by atoms with E-state index in [2.05, 4.69) is 10.6 Å². The number of hydrogen-bond donors (Lipinski definition) is 3. The number of amides is 2. The van der Waals surface area contributed by atoms with Crippen LogP contribution in [0.15, 0.2) is 24.3 Å². The highest BCUT2D eigenvalue weighted by Gasteiger charge is 2.08. The molecule has 1 aromatic carbocycles. The quantitative estimate of drug-likeness (QED) is 0.676. The molecule has 0 spiro atoms. The van der Waals surface area contributed by atoms with E-state index >= 15 is 0 Å². The molecule has 0 fully saturated rings. The number of carboxylic acids is 1. The van der Waals surface area contributed by atoms with Gasteiger partial charge >= 0.3 is 12.0 Å². The highest BCUT2D eigenvalue weighted by molar-refractivity contribution is 5.74. The highest BCUT2D eigenvalue weighted by atomic mass is 16.5. The summed E-state index contributed by atoms with van der Waals surface area (Å²) in [5.74, 6) is -0.652. The van der Waals surface area contributed by atoms with Gasteiger partial charge in [0.15, 0.2) is 0 Å². The summed E-state index contributed by atoms with van der Waals surface area (Å²) in [6.07, 6.45) is -0.0512. The second-order valence-corrected chi connectivity index (χ2v) is 4.96. The van der Waals surface area contributed by atoms with Gasteiger partial charge in [-0.3, -0.25) is 4.79 Å². The summed E-state index contributed by atoms with van der Waals surface area (Å²) in [5, 5.41) is 14.3. The zero-order valence-corrected chi connectivity index (χ0v) is 12.4. The molecular formula is C15H22N2O4. The Morgan fingerprint density at radius 3 is 2.52 bits per heavy atom. The number of carbonyl (C=O) groups is 2. The Kier molecular flexibility index (Phi) is 7.25. The largest absolute Gasteiger partial charge is 0.481 e. The Hall–Kier alpha value is -2.08. The molecule has 6 heteroatoms. The van der Waals surface area contributed by atoms with Crippen molar-refractivity contribution in [3.8, 4) is 0 Å². The smallest absolute Gasteiger partial charge is 0.315 e. The van der Waals surface area contributed by atoms with Crippen molar-refractivity contribution < 1.29 is 19.4 Å². The average molecular weight is 294 g/mol. The number of rotatable bonds is 8. The number of carbonyl (C=O) groups excluding carboxylic acids is 1. The molecule has 21 heavy (non-hydrogen) atoms. The van der Waals surface area contributed by atoms with Crippen molar-refractivity contribution in [3.63, 3.8) is 0 Å². The maximum Gasteiger partial charge on any atom is 0.315 e. The Morgan fingerprint density at radius 2 is 1.90 bits per heavy atom. The van der Waals surface area contributed by atoms with E-state index in [0.717, 1.165) is 5.56 Å². The topological polar surface area (TPSA) is 87.7 Å². The van der Waals surface area contributed by atoms with Crippen LogP contribution in [-0.2, 0) is 22.5 Å². The van der Waals surface area contributed by atoms with Gasteiger partial charge in [-0.2, -0.15) is 0 Å². The fourth-order valence-corrected chi connectivity index (χ4v) is 1.91. The summed E-state index contributed by atoms with van der Waals surface area (Å²) >= 11 is 0. The van der Waals surface area contributed by atoms with E-state index in [-0.39, 0.29) is 18.4 Å². The maximum atomic E-state index is 11.7. The third-order valence-electron chi connectivity index (χ3n) is 2.96. The number of urea groups is 1. The Balaban J connectivity index is 2.44. The van der Waals surface area contributed by atoms with Crippen LogP contribution in [0.25, 0.3) is 0 Å². The predicted octanol–water partition coefficient (Wildman–Crippen LogP) is 1.40. The first-order chi connectivity index (χ1) is 10.0. The van der Waals surface area contributed by atoms with Crippen molar-refractivity contribution in [3.05, 3.63) is 35.4 Å². The van der Waals surface area contributed by atoms with E-state index in [0.29, 0.717) is 25.3 Å². The van der Waals surface area contributed by atoms with Gasteiger partial charge in [0.25, 0.3) is 0 Å². The lowest BCUT2D eigenvalue weighted by Gasteiger charge is -2.13. The molecule has 1 rings (SSSR count). The Labute approximate surface area is 124 Å². The lowest BCUT2D eigenvalue weighted by molar-refractivity contribution is -0.136. The summed E-state index contributed by atoms with van der Waals surface area (Å²) in [6, 6.07) is 6.90. The van der Waals surface area contributed by atoms with E-state index in [4.69, 9.17) is 9.84 Å². The van der Waals surface area contributed by atoms with Crippen LogP contribution < -0.4 is 10.6 Å². The van der Waals surface area contributed by atoms with Crippen LogP contribution >= 0.6 is 0 Å². The Morgan fingerprint density at radius 1 is 1.24 bits per heavy atom. The molecular weight excluding hydrogens is 272 g/mol. The van der Waals surface area contributed by atoms with Gasteiger partial charge in [-0.1, -0.05) is 31.2 Å². The molecule has 0 saturated heterocycles. The number of nitrogens with one attached hydrogen (secondary N) is 2. The third-order valence-corrected chi connectivity index (χ3v) is 2.96. The highest BCUT2D eigenvalue weighted by Crippen LogP contribution is 2.09. The van der Waals surface area contributed by atoms with Crippen LogP contribution in [0.5, 0.6) is 0 Å². The summed E-state index contributed by atoms with van der Waals surface area (Å²) in [6.45, 7) is 3.39. The third kappa shape index (κ3) is 6.76. The SMILES string of the molecule is COCC(C)CNC(=O)NCc1ccccc1CC(=O)O. The van der Waals surface area contributed by atoms with E-state index in [1.54, 1.807) is 19.2 Å². The van der Waals surface area contributed by atoms with Crippen molar-refractivity contribution in [2.75, 3.05) is 20.3 Å². The second kappa shape index (κ2) is 8.97. The molecule has 0 aliphatic heterocycles. The zero-order valence-electron chi connectivity index (χ0n) is 12.4. The van der Waals surface area contributed by atoms with Crippen molar-refractivity contribution in [2.24, 2.45) is 5.92 Å². The first kappa shape index (κ1) is 17.0. The molecule has 2 amide bonds. The van der Waals surface area contributed by atoms with E-state index in [9.17, 15) is 9.59 Å². The first-order valence-electron chi connectivity index (χ1n) is 6.82. The lowest BCUT2D eigenvalue weighted by atomic mass is 10.0. The average Bonchev–Trinajstić information content (AvgIpc) is 2.44. The van der Waals surface area contributed by atoms with Crippen molar-refractivity contribution in [2.45, 2.75) is 19.9 Å². The van der Waals surface area contributed by atoms with Gasteiger partial charge in [-0.25, -0.2) is 4.79 Å². The molecule has 0 radical (unpaired) electrons. The molecule has 1 unspecified atom stereocenters. The minimum absolute atomic E-state index is 0.0512. The van der Waals surface area contributed by atoms with Crippen LogP contribution in [0.1, 0.15) is 18.1 Å². The van der Waals surface area contributed by atoms with Crippen LogP contribution in [0.4, 0.5) is 4.79 Å². The molecule has 6 nitrogen and oxygen atoms in total. The molecule has 0 heterocycles. The number of carboxylic acid groups (broad SMARTS) is 1.